The van der Waals surface area contributed by atoms with Gasteiger partial charge in [-0.1, -0.05) is 30.4 Å². The molecule has 1 aromatic heterocycles. The van der Waals surface area contributed by atoms with Gasteiger partial charge in [-0.25, -0.2) is 4.39 Å². The van der Waals surface area contributed by atoms with Gasteiger partial charge in [-0.2, -0.15) is 0 Å². The van der Waals surface area contributed by atoms with Crippen LogP contribution in [0.25, 0.3) is 10.9 Å². The molecule has 2 N–H and O–H groups in total. The highest BCUT2D eigenvalue weighted by atomic mass is 19.1. The Balaban J connectivity index is 1.62. The number of anilines is 1. The van der Waals surface area contributed by atoms with Crippen molar-refractivity contribution in [3.8, 4) is 5.88 Å². The molecule has 2 aromatic carbocycles. The number of aromatic hydroxyl groups is 1. The summed E-state index contributed by atoms with van der Waals surface area (Å²) >= 11 is 0. The number of H-pyrrole nitrogens is 1. The number of hydrogen-bond donors (Lipinski definition) is 2. The van der Waals surface area contributed by atoms with E-state index >= 15 is 0 Å². The van der Waals surface area contributed by atoms with Gasteiger partial charge in [0.05, 0.1) is 16.9 Å². The Morgan fingerprint density at radius 3 is 2.84 bits per heavy atom. The molecule has 0 fully saturated rings. The van der Waals surface area contributed by atoms with Gasteiger partial charge in [0.1, 0.15) is 5.82 Å². The van der Waals surface area contributed by atoms with Crippen molar-refractivity contribution >= 4 is 28.5 Å². The lowest BCUT2D eigenvalue weighted by molar-refractivity contribution is 0.457. The van der Waals surface area contributed by atoms with Crippen LogP contribution in [0.1, 0.15) is 12.0 Å². The van der Waals surface area contributed by atoms with Crippen molar-refractivity contribution in [3.05, 3.63) is 66.0 Å². The fourth-order valence-electron chi connectivity index (χ4n) is 3.11. The van der Waals surface area contributed by atoms with Gasteiger partial charge in [-0.15, -0.1) is 0 Å². The molecule has 4 nitrogen and oxygen atoms in total. The molecule has 25 heavy (non-hydrogen) atoms. The summed E-state index contributed by atoms with van der Waals surface area (Å²) in [5.41, 5.74) is 2.54. The third kappa shape index (κ3) is 3.01. The minimum Gasteiger partial charge on any atom is -0.494 e. The first-order chi connectivity index (χ1) is 12.2. The second-order valence-electron chi connectivity index (χ2n) is 6.03. The molecule has 0 bridgehead atoms. The second-order valence-corrected chi connectivity index (χ2v) is 6.03. The van der Waals surface area contributed by atoms with Crippen molar-refractivity contribution in [1.82, 2.24) is 4.98 Å². The Labute approximate surface area is 144 Å². The lowest BCUT2D eigenvalue weighted by atomic mass is 10.2. The fraction of sp³-hybridized carbons (Fsp3) is 0.150. The summed E-state index contributed by atoms with van der Waals surface area (Å²) in [5.74, 6) is -0.227. The molecule has 1 aliphatic rings. The zero-order valence-corrected chi connectivity index (χ0v) is 13.6. The zero-order valence-electron chi connectivity index (χ0n) is 13.6. The Kier molecular flexibility index (Phi) is 3.98. The van der Waals surface area contributed by atoms with E-state index in [0.717, 1.165) is 30.4 Å². The summed E-state index contributed by atoms with van der Waals surface area (Å²) in [6, 6.07) is 12.6. The highest BCUT2D eigenvalue weighted by Crippen LogP contribution is 2.28. The number of rotatable bonds is 3. The van der Waals surface area contributed by atoms with E-state index in [1.807, 2.05) is 29.2 Å². The predicted molar refractivity (Wildman–Crippen MR) is 99.6 cm³/mol. The van der Waals surface area contributed by atoms with E-state index in [1.54, 1.807) is 18.3 Å². The van der Waals surface area contributed by atoms with Crippen molar-refractivity contribution in [2.75, 3.05) is 18.0 Å². The maximum atomic E-state index is 14.4. The van der Waals surface area contributed by atoms with Gasteiger partial charge >= 0.3 is 0 Å². The van der Waals surface area contributed by atoms with Crippen molar-refractivity contribution in [2.24, 2.45) is 4.99 Å². The van der Waals surface area contributed by atoms with Gasteiger partial charge in [-0.05, 0) is 24.6 Å². The molecule has 0 unspecified atom stereocenters. The van der Waals surface area contributed by atoms with Crippen molar-refractivity contribution in [1.29, 1.82) is 0 Å². The largest absolute Gasteiger partial charge is 0.494 e. The summed E-state index contributed by atoms with van der Waals surface area (Å²) in [7, 11) is 0. The van der Waals surface area contributed by atoms with E-state index < -0.39 is 0 Å². The molecule has 0 saturated heterocycles. The van der Waals surface area contributed by atoms with E-state index in [2.05, 4.69) is 22.1 Å². The summed E-state index contributed by atoms with van der Waals surface area (Å²) in [4.78, 5) is 9.24. The third-order valence-electron chi connectivity index (χ3n) is 4.40. The van der Waals surface area contributed by atoms with Crippen LogP contribution < -0.4 is 4.90 Å². The molecule has 4 rings (SSSR count). The number of fused-ring (bicyclic) bond motifs is 1. The first-order valence-electron chi connectivity index (χ1n) is 8.25. The number of hydrogen-bond acceptors (Lipinski definition) is 3. The van der Waals surface area contributed by atoms with Crippen LogP contribution in [-0.2, 0) is 0 Å². The van der Waals surface area contributed by atoms with E-state index in [4.69, 9.17) is 0 Å². The maximum absolute atomic E-state index is 14.4. The molecule has 0 aliphatic carbocycles. The molecule has 0 saturated carbocycles. The minimum absolute atomic E-state index is 0.0575. The molecule has 0 amide bonds. The van der Waals surface area contributed by atoms with Crippen LogP contribution in [0.2, 0.25) is 0 Å². The molecule has 3 aromatic rings. The van der Waals surface area contributed by atoms with E-state index in [1.165, 1.54) is 6.07 Å². The number of aromatic nitrogens is 1. The highest BCUT2D eigenvalue weighted by Gasteiger charge is 2.13. The number of aromatic amines is 1. The smallest absolute Gasteiger partial charge is 0.198 e. The summed E-state index contributed by atoms with van der Waals surface area (Å²) in [6.07, 6.45) is 6.65. The number of aliphatic imine (C=N–C) groups is 1. The highest BCUT2D eigenvalue weighted by molar-refractivity contribution is 6.02. The lowest BCUT2D eigenvalue weighted by Gasteiger charge is -2.25. The van der Waals surface area contributed by atoms with E-state index in [0.29, 0.717) is 16.9 Å². The normalized spacial score (nSPS) is 14.7. The van der Waals surface area contributed by atoms with Gasteiger partial charge in [0.15, 0.2) is 5.88 Å². The molecule has 0 radical (unpaired) electrons. The van der Waals surface area contributed by atoms with Crippen LogP contribution in [-0.4, -0.2) is 29.4 Å². The van der Waals surface area contributed by atoms with Gasteiger partial charge < -0.3 is 15.0 Å². The second kappa shape index (κ2) is 6.43. The third-order valence-corrected chi connectivity index (χ3v) is 4.40. The van der Waals surface area contributed by atoms with Crippen LogP contribution in [0, 0.1) is 5.82 Å². The standard InChI is InChI=1S/C20H18FN3O/c21-17-12-14(8-9-19(17)24-10-4-1-5-11-24)22-13-16-15-6-2-3-7-18(15)23-20(16)25/h1-4,6-9,12-13,23,25H,5,10-11H2. The lowest BCUT2D eigenvalue weighted by Crippen LogP contribution is -2.27. The van der Waals surface area contributed by atoms with Crippen LogP contribution in [0.5, 0.6) is 5.88 Å². The molecule has 1 aliphatic heterocycles. The Morgan fingerprint density at radius 2 is 2.04 bits per heavy atom. The SMILES string of the molecule is Oc1[nH]c2ccccc2c1C=Nc1ccc(N2CC=CCC2)c(F)c1. The molecule has 5 heteroatoms. The zero-order chi connectivity index (χ0) is 17.2. The van der Waals surface area contributed by atoms with Crippen molar-refractivity contribution in [2.45, 2.75) is 6.42 Å². The number of para-hydroxylation sites is 1. The van der Waals surface area contributed by atoms with Crippen LogP contribution in [0.15, 0.2) is 59.6 Å². The van der Waals surface area contributed by atoms with E-state index in [9.17, 15) is 9.50 Å². The quantitative estimate of drug-likeness (QED) is 0.546. The number of nitrogens with zero attached hydrogens (tertiary/aromatic N) is 2. The van der Waals surface area contributed by atoms with Gasteiger partial charge in [0, 0.05) is 36.3 Å². The number of benzene rings is 2. The van der Waals surface area contributed by atoms with Gasteiger partial charge in [0.2, 0.25) is 0 Å². The van der Waals surface area contributed by atoms with Crippen molar-refractivity contribution in [3.63, 3.8) is 0 Å². The molecule has 2 heterocycles. The summed E-state index contributed by atoms with van der Waals surface area (Å²) in [6.45, 7) is 1.54. The molecular formula is C20H18FN3O. The van der Waals surface area contributed by atoms with Crippen LogP contribution in [0.4, 0.5) is 15.8 Å². The molecule has 0 atom stereocenters. The number of halogens is 1. The average Bonchev–Trinajstić information content (AvgIpc) is 2.96. The maximum Gasteiger partial charge on any atom is 0.198 e. The molecule has 0 spiro atoms. The van der Waals surface area contributed by atoms with Gasteiger partial charge in [-0.3, -0.25) is 4.99 Å². The number of nitrogens with one attached hydrogen (secondary N) is 1. The molecule has 126 valence electrons. The average molecular weight is 335 g/mol. The van der Waals surface area contributed by atoms with E-state index in [-0.39, 0.29) is 11.7 Å². The Hall–Kier alpha value is -3.08. The Morgan fingerprint density at radius 1 is 1.16 bits per heavy atom. The van der Waals surface area contributed by atoms with Crippen LogP contribution in [0.3, 0.4) is 0 Å². The van der Waals surface area contributed by atoms with Crippen LogP contribution >= 0.6 is 0 Å². The summed E-state index contributed by atoms with van der Waals surface area (Å²) < 4.78 is 14.4. The molecular weight excluding hydrogens is 317 g/mol. The predicted octanol–water partition coefficient (Wildman–Crippen LogP) is 4.53. The Bertz CT molecular complexity index is 974. The monoisotopic (exact) mass is 335 g/mol. The fourth-order valence-corrected chi connectivity index (χ4v) is 3.11. The van der Waals surface area contributed by atoms with Crippen molar-refractivity contribution < 1.29 is 9.50 Å². The topological polar surface area (TPSA) is 51.6 Å². The first-order valence-corrected chi connectivity index (χ1v) is 8.25. The summed E-state index contributed by atoms with van der Waals surface area (Å²) in [5, 5.41) is 10.9. The van der Waals surface area contributed by atoms with Gasteiger partial charge in [0.25, 0.3) is 0 Å². The first kappa shape index (κ1) is 15.4. The minimum atomic E-state index is -0.284.